The highest BCUT2D eigenvalue weighted by Crippen LogP contribution is 2.31. The average molecular weight is 335 g/mol. The van der Waals surface area contributed by atoms with Gasteiger partial charge in [-0.25, -0.2) is 9.97 Å². The summed E-state index contributed by atoms with van der Waals surface area (Å²) in [5.74, 6) is 0. The van der Waals surface area contributed by atoms with E-state index in [1.54, 1.807) is 23.6 Å². The molecule has 0 bridgehead atoms. The van der Waals surface area contributed by atoms with E-state index in [1.807, 2.05) is 6.07 Å². The highest BCUT2D eigenvalue weighted by atomic mass is 32.1. The van der Waals surface area contributed by atoms with Gasteiger partial charge in [0.15, 0.2) is 5.13 Å². The fraction of sp³-hybridized carbons (Fsp3) is 0.278. The molecule has 1 aliphatic rings. The molecule has 0 saturated carbocycles. The number of benzene rings is 1. The lowest BCUT2D eigenvalue weighted by Crippen LogP contribution is -2.46. The Hall–Kier alpha value is -2.65. The zero-order valence-electron chi connectivity index (χ0n) is 13.4. The first kappa shape index (κ1) is 14.9. The smallest absolute Gasteiger partial charge is 0.186 e. The number of para-hydroxylation sites is 1. The van der Waals surface area contributed by atoms with Crippen LogP contribution in [-0.2, 0) is 0 Å². The normalized spacial score (nSPS) is 14.8. The summed E-state index contributed by atoms with van der Waals surface area (Å²) >= 11 is 1.77. The van der Waals surface area contributed by atoms with Gasteiger partial charge < -0.3 is 9.80 Å². The molecule has 5 nitrogen and oxygen atoms in total. The molecule has 0 radical (unpaired) electrons. The molecule has 1 aliphatic heterocycles. The van der Waals surface area contributed by atoms with Gasteiger partial charge in [-0.3, -0.25) is 0 Å². The lowest BCUT2D eigenvalue weighted by Gasteiger charge is -2.35. The molecule has 120 valence electrons. The Kier molecular flexibility index (Phi) is 3.79. The molecule has 0 N–H and O–H groups in total. The number of fused-ring (bicyclic) bond motifs is 1. The number of rotatable bonds is 2. The molecule has 6 heteroatoms. The maximum absolute atomic E-state index is 8.84. The lowest BCUT2D eigenvalue weighted by atomic mass is 10.2. The van der Waals surface area contributed by atoms with Crippen molar-refractivity contribution in [2.75, 3.05) is 36.0 Å². The summed E-state index contributed by atoms with van der Waals surface area (Å²) in [5.41, 5.74) is 3.89. The molecule has 1 fully saturated rings. The van der Waals surface area contributed by atoms with Crippen LogP contribution in [0.15, 0.2) is 36.5 Å². The predicted octanol–water partition coefficient (Wildman–Crippen LogP) is 3.20. The SMILES string of the molecule is Cc1cccc2sc(N3CCN(c4ccc(C#N)nc4)CC3)nc12. The van der Waals surface area contributed by atoms with Crippen molar-refractivity contribution in [1.29, 1.82) is 5.26 Å². The first-order valence-corrected chi connectivity index (χ1v) is 8.78. The topological polar surface area (TPSA) is 56.0 Å². The minimum atomic E-state index is 0.460. The molecule has 0 atom stereocenters. The van der Waals surface area contributed by atoms with E-state index < -0.39 is 0 Å². The van der Waals surface area contributed by atoms with Crippen LogP contribution in [0.3, 0.4) is 0 Å². The van der Waals surface area contributed by atoms with Crippen LogP contribution in [0.25, 0.3) is 10.2 Å². The number of aryl methyl sites for hydroxylation is 1. The maximum Gasteiger partial charge on any atom is 0.186 e. The molecule has 24 heavy (non-hydrogen) atoms. The van der Waals surface area contributed by atoms with E-state index >= 15 is 0 Å². The monoisotopic (exact) mass is 335 g/mol. The zero-order chi connectivity index (χ0) is 16.5. The van der Waals surface area contributed by atoms with Crippen LogP contribution in [-0.4, -0.2) is 36.1 Å². The van der Waals surface area contributed by atoms with E-state index in [0.29, 0.717) is 5.69 Å². The van der Waals surface area contributed by atoms with E-state index in [4.69, 9.17) is 10.2 Å². The van der Waals surface area contributed by atoms with Crippen molar-refractivity contribution in [2.45, 2.75) is 6.92 Å². The molecular weight excluding hydrogens is 318 g/mol. The fourth-order valence-corrected chi connectivity index (χ4v) is 4.10. The first-order chi connectivity index (χ1) is 11.7. The van der Waals surface area contributed by atoms with Crippen molar-refractivity contribution < 1.29 is 0 Å². The summed E-state index contributed by atoms with van der Waals surface area (Å²) in [6.07, 6.45) is 1.79. The van der Waals surface area contributed by atoms with E-state index in [9.17, 15) is 0 Å². The standard InChI is InChI=1S/C18H17N5S/c1-13-3-2-4-16-17(13)21-18(24-16)23-9-7-22(8-10-23)15-6-5-14(11-19)20-12-15/h2-6,12H,7-10H2,1H3. The van der Waals surface area contributed by atoms with Gasteiger partial charge in [-0.1, -0.05) is 23.5 Å². The summed E-state index contributed by atoms with van der Waals surface area (Å²) in [7, 11) is 0. The van der Waals surface area contributed by atoms with Crippen molar-refractivity contribution in [3.8, 4) is 6.07 Å². The Morgan fingerprint density at radius 3 is 2.54 bits per heavy atom. The molecule has 1 saturated heterocycles. The van der Waals surface area contributed by atoms with Crippen LogP contribution in [0.5, 0.6) is 0 Å². The van der Waals surface area contributed by atoms with Crippen LogP contribution in [0.4, 0.5) is 10.8 Å². The van der Waals surface area contributed by atoms with Crippen LogP contribution in [0.1, 0.15) is 11.3 Å². The number of anilines is 2. The van der Waals surface area contributed by atoms with Crippen LogP contribution in [0, 0.1) is 18.3 Å². The highest BCUT2D eigenvalue weighted by molar-refractivity contribution is 7.22. The lowest BCUT2D eigenvalue weighted by molar-refractivity contribution is 0.651. The Labute approximate surface area is 144 Å². The van der Waals surface area contributed by atoms with Gasteiger partial charge in [0.1, 0.15) is 11.8 Å². The number of thiazole rings is 1. The van der Waals surface area contributed by atoms with Crippen molar-refractivity contribution >= 4 is 32.4 Å². The number of nitriles is 1. The van der Waals surface area contributed by atoms with E-state index in [1.165, 1.54) is 10.3 Å². The molecular formula is C18H17N5S. The van der Waals surface area contributed by atoms with Gasteiger partial charge in [-0.2, -0.15) is 5.26 Å². The predicted molar refractivity (Wildman–Crippen MR) is 97.7 cm³/mol. The Bertz CT molecular complexity index is 901. The van der Waals surface area contributed by atoms with Gasteiger partial charge in [-0.15, -0.1) is 0 Å². The Balaban J connectivity index is 1.48. The Morgan fingerprint density at radius 2 is 1.88 bits per heavy atom. The van der Waals surface area contributed by atoms with Crippen molar-refractivity contribution in [2.24, 2.45) is 0 Å². The summed E-state index contributed by atoms with van der Waals surface area (Å²) < 4.78 is 1.25. The highest BCUT2D eigenvalue weighted by Gasteiger charge is 2.20. The van der Waals surface area contributed by atoms with Gasteiger partial charge >= 0.3 is 0 Å². The van der Waals surface area contributed by atoms with Crippen LogP contribution < -0.4 is 9.80 Å². The molecule has 0 unspecified atom stereocenters. The van der Waals surface area contributed by atoms with Gasteiger partial charge in [0.25, 0.3) is 0 Å². The van der Waals surface area contributed by atoms with Crippen molar-refractivity contribution in [3.05, 3.63) is 47.8 Å². The van der Waals surface area contributed by atoms with Crippen molar-refractivity contribution in [3.63, 3.8) is 0 Å². The molecule has 1 aromatic carbocycles. The summed E-state index contributed by atoms with van der Waals surface area (Å²) in [5, 5.41) is 9.95. The summed E-state index contributed by atoms with van der Waals surface area (Å²) in [4.78, 5) is 13.7. The van der Waals surface area contributed by atoms with Crippen LogP contribution in [0.2, 0.25) is 0 Å². The molecule has 2 aromatic heterocycles. The number of aromatic nitrogens is 2. The molecule has 0 aliphatic carbocycles. The fourth-order valence-electron chi connectivity index (χ4n) is 3.00. The number of nitrogens with zero attached hydrogens (tertiary/aromatic N) is 5. The third-order valence-electron chi connectivity index (χ3n) is 4.39. The van der Waals surface area contributed by atoms with E-state index in [-0.39, 0.29) is 0 Å². The summed E-state index contributed by atoms with van der Waals surface area (Å²) in [6, 6.07) is 12.2. The molecule has 0 amide bonds. The zero-order valence-corrected chi connectivity index (χ0v) is 14.3. The largest absolute Gasteiger partial charge is 0.367 e. The second-order valence-corrected chi connectivity index (χ2v) is 6.91. The molecule has 3 heterocycles. The molecule has 0 spiro atoms. The van der Waals surface area contributed by atoms with Gasteiger partial charge in [0.2, 0.25) is 0 Å². The third kappa shape index (κ3) is 2.68. The second kappa shape index (κ2) is 6.10. The minimum Gasteiger partial charge on any atom is -0.367 e. The van der Waals surface area contributed by atoms with Gasteiger partial charge in [0, 0.05) is 26.2 Å². The average Bonchev–Trinajstić information content (AvgIpc) is 3.08. The number of pyridine rings is 1. The quantitative estimate of drug-likeness (QED) is 0.720. The molecule has 3 aromatic rings. The number of hydrogen-bond donors (Lipinski definition) is 0. The maximum atomic E-state index is 8.84. The summed E-state index contributed by atoms with van der Waals surface area (Å²) in [6.45, 7) is 5.87. The van der Waals surface area contributed by atoms with E-state index in [2.05, 4.69) is 46.0 Å². The van der Waals surface area contributed by atoms with Gasteiger partial charge in [-0.05, 0) is 30.7 Å². The Morgan fingerprint density at radius 1 is 1.08 bits per heavy atom. The third-order valence-corrected chi connectivity index (χ3v) is 5.47. The second-order valence-electron chi connectivity index (χ2n) is 5.91. The number of piperazine rings is 1. The van der Waals surface area contributed by atoms with Crippen molar-refractivity contribution in [1.82, 2.24) is 9.97 Å². The molecule has 4 rings (SSSR count). The van der Waals surface area contributed by atoms with Crippen LogP contribution >= 0.6 is 11.3 Å². The van der Waals surface area contributed by atoms with E-state index in [0.717, 1.165) is 42.5 Å². The number of hydrogen-bond acceptors (Lipinski definition) is 6. The first-order valence-electron chi connectivity index (χ1n) is 7.97. The minimum absolute atomic E-state index is 0.460. The van der Waals surface area contributed by atoms with Gasteiger partial charge in [0.05, 0.1) is 22.1 Å².